The Labute approximate surface area is 212 Å². The second-order valence-corrected chi connectivity index (χ2v) is 8.90. The van der Waals surface area contributed by atoms with Gasteiger partial charge in [0.1, 0.15) is 17.4 Å². The van der Waals surface area contributed by atoms with Crippen molar-refractivity contribution in [2.45, 2.75) is 6.42 Å². The van der Waals surface area contributed by atoms with E-state index >= 15 is 0 Å². The third kappa shape index (κ3) is 6.18. The smallest absolute Gasteiger partial charge is 0.271 e. The van der Waals surface area contributed by atoms with Crippen LogP contribution in [0.4, 0.5) is 11.4 Å². The predicted molar refractivity (Wildman–Crippen MR) is 138 cm³/mol. The predicted octanol–water partition coefficient (Wildman–Crippen LogP) is 6.11. The maximum absolute atomic E-state index is 12.6. The molecule has 0 saturated carbocycles. The molecule has 3 aromatic rings. The van der Waals surface area contributed by atoms with E-state index in [1.807, 2.05) is 36.4 Å². The summed E-state index contributed by atoms with van der Waals surface area (Å²) in [7, 11) is 1.57. The molecule has 9 heteroatoms. The first-order valence-corrected chi connectivity index (χ1v) is 11.5. The average molecular weight is 618 g/mol. The molecular formula is C24H17BrIN3O4. The summed E-state index contributed by atoms with van der Waals surface area (Å²) < 4.78 is 7.51. The van der Waals surface area contributed by atoms with E-state index in [9.17, 15) is 20.2 Å². The molecule has 3 rings (SSSR count). The molecule has 3 aromatic carbocycles. The summed E-state index contributed by atoms with van der Waals surface area (Å²) in [4.78, 5) is 23.0. The van der Waals surface area contributed by atoms with Gasteiger partial charge in [-0.05, 0) is 64.1 Å². The van der Waals surface area contributed by atoms with Crippen LogP contribution in [0.25, 0.3) is 6.08 Å². The van der Waals surface area contributed by atoms with Gasteiger partial charge >= 0.3 is 0 Å². The monoisotopic (exact) mass is 617 g/mol. The first-order chi connectivity index (χ1) is 15.8. The Hall–Kier alpha value is -3.23. The summed E-state index contributed by atoms with van der Waals surface area (Å²) in [5.41, 5.74) is 2.64. The Morgan fingerprint density at radius 2 is 2.00 bits per heavy atom. The molecule has 0 atom stereocenters. The van der Waals surface area contributed by atoms with Crippen molar-refractivity contribution in [2.24, 2.45) is 0 Å². The second kappa shape index (κ2) is 11.1. The Morgan fingerprint density at radius 1 is 1.24 bits per heavy atom. The quantitative estimate of drug-likeness (QED) is 0.113. The van der Waals surface area contributed by atoms with E-state index in [1.165, 1.54) is 30.3 Å². The van der Waals surface area contributed by atoms with Gasteiger partial charge in [0.15, 0.2) is 0 Å². The minimum Gasteiger partial charge on any atom is -0.496 e. The summed E-state index contributed by atoms with van der Waals surface area (Å²) in [6, 6.07) is 19.0. The number of nitro groups is 1. The molecule has 33 heavy (non-hydrogen) atoms. The van der Waals surface area contributed by atoms with Crippen LogP contribution in [-0.2, 0) is 11.2 Å². The number of anilines is 1. The van der Waals surface area contributed by atoms with Crippen LogP contribution in [-0.4, -0.2) is 17.9 Å². The molecule has 0 aliphatic heterocycles. The van der Waals surface area contributed by atoms with E-state index in [1.54, 1.807) is 13.2 Å². The lowest BCUT2D eigenvalue weighted by Crippen LogP contribution is -2.13. The first kappa shape index (κ1) is 24.4. The number of carbonyl (C=O) groups excluding carboxylic acids is 1. The number of methoxy groups -OCH3 is 1. The maximum Gasteiger partial charge on any atom is 0.271 e. The van der Waals surface area contributed by atoms with E-state index in [-0.39, 0.29) is 16.9 Å². The standard InChI is InChI=1S/C24H17BrIN3O4/c1-33-23-11-15(10-22(26)20(23)12-16-5-2-3-8-21(16)25)9-17(14-27)24(30)28-18-6-4-7-19(13-18)29(31)32/h2-11,13H,12H2,1H3,(H,28,30)/b17-9+. The number of nitrogens with one attached hydrogen (secondary N) is 1. The van der Waals surface area contributed by atoms with Gasteiger partial charge in [-0.15, -0.1) is 0 Å². The van der Waals surface area contributed by atoms with Crippen LogP contribution < -0.4 is 10.1 Å². The van der Waals surface area contributed by atoms with E-state index in [0.717, 1.165) is 19.2 Å². The molecule has 0 saturated heterocycles. The van der Waals surface area contributed by atoms with Gasteiger partial charge in [-0.1, -0.05) is 40.2 Å². The molecule has 0 heterocycles. The molecule has 0 unspecified atom stereocenters. The Balaban J connectivity index is 1.89. The lowest BCUT2D eigenvalue weighted by Gasteiger charge is -2.13. The fourth-order valence-corrected chi connectivity index (χ4v) is 4.35. The number of non-ortho nitro benzene ring substituents is 1. The highest BCUT2D eigenvalue weighted by molar-refractivity contribution is 14.1. The van der Waals surface area contributed by atoms with Crippen LogP contribution in [0.5, 0.6) is 5.75 Å². The minimum atomic E-state index is -0.663. The van der Waals surface area contributed by atoms with Crippen molar-refractivity contribution in [2.75, 3.05) is 12.4 Å². The highest BCUT2D eigenvalue weighted by Crippen LogP contribution is 2.31. The molecular weight excluding hydrogens is 601 g/mol. The average Bonchev–Trinajstić information content (AvgIpc) is 2.80. The number of nitrogens with zero attached hydrogens (tertiary/aromatic N) is 2. The largest absolute Gasteiger partial charge is 0.496 e. The number of nitro benzene ring substituents is 1. The van der Waals surface area contributed by atoms with Crippen molar-refractivity contribution in [3.8, 4) is 11.8 Å². The number of nitriles is 1. The normalized spacial score (nSPS) is 10.9. The first-order valence-electron chi connectivity index (χ1n) is 9.59. The lowest BCUT2D eigenvalue weighted by molar-refractivity contribution is -0.384. The third-order valence-electron chi connectivity index (χ3n) is 4.71. The molecule has 0 aliphatic rings. The number of hydrogen-bond acceptors (Lipinski definition) is 5. The van der Waals surface area contributed by atoms with Crippen molar-refractivity contribution < 1.29 is 14.5 Å². The minimum absolute atomic E-state index is 0.141. The number of amides is 1. The van der Waals surface area contributed by atoms with E-state index < -0.39 is 10.8 Å². The summed E-state index contributed by atoms with van der Waals surface area (Å²) in [6.45, 7) is 0. The van der Waals surface area contributed by atoms with Crippen molar-refractivity contribution in [3.05, 3.63) is 101 Å². The summed E-state index contributed by atoms with van der Waals surface area (Å²) in [5, 5.41) is 23.0. The molecule has 0 spiro atoms. The van der Waals surface area contributed by atoms with Crippen LogP contribution in [0.3, 0.4) is 0 Å². The lowest BCUT2D eigenvalue weighted by atomic mass is 10.0. The molecule has 1 N–H and O–H groups in total. The third-order valence-corrected chi connectivity index (χ3v) is 6.45. The second-order valence-electron chi connectivity index (χ2n) is 6.88. The molecule has 0 radical (unpaired) electrons. The van der Waals surface area contributed by atoms with Gasteiger partial charge in [-0.25, -0.2) is 0 Å². The maximum atomic E-state index is 12.6. The fourth-order valence-electron chi connectivity index (χ4n) is 3.11. The number of benzene rings is 3. The topological polar surface area (TPSA) is 105 Å². The van der Waals surface area contributed by atoms with Crippen LogP contribution in [0.2, 0.25) is 0 Å². The molecule has 1 amide bonds. The number of hydrogen-bond donors (Lipinski definition) is 1. The van der Waals surface area contributed by atoms with Crippen molar-refractivity contribution in [1.29, 1.82) is 5.26 Å². The summed E-state index contributed by atoms with van der Waals surface area (Å²) >= 11 is 5.77. The van der Waals surface area contributed by atoms with Crippen LogP contribution in [0.15, 0.2) is 70.7 Å². The zero-order valence-corrected chi connectivity index (χ0v) is 21.1. The van der Waals surface area contributed by atoms with E-state index in [0.29, 0.717) is 17.7 Å². The number of ether oxygens (including phenoxy) is 1. The van der Waals surface area contributed by atoms with Gasteiger partial charge in [-0.2, -0.15) is 5.26 Å². The van der Waals surface area contributed by atoms with Gasteiger partial charge < -0.3 is 10.1 Å². The van der Waals surface area contributed by atoms with Crippen LogP contribution in [0.1, 0.15) is 16.7 Å². The zero-order valence-electron chi connectivity index (χ0n) is 17.3. The molecule has 0 bridgehead atoms. The van der Waals surface area contributed by atoms with Crippen LogP contribution in [0, 0.1) is 25.0 Å². The van der Waals surface area contributed by atoms with Gasteiger partial charge in [0.2, 0.25) is 0 Å². The van der Waals surface area contributed by atoms with Crippen molar-refractivity contribution in [3.63, 3.8) is 0 Å². The Kier molecular flexibility index (Phi) is 8.19. The summed E-state index contributed by atoms with van der Waals surface area (Å²) in [6.07, 6.45) is 2.10. The van der Waals surface area contributed by atoms with Crippen molar-refractivity contribution >= 4 is 61.9 Å². The molecule has 0 aromatic heterocycles. The van der Waals surface area contributed by atoms with Gasteiger partial charge in [0, 0.05) is 37.8 Å². The van der Waals surface area contributed by atoms with Gasteiger partial charge in [0.05, 0.1) is 12.0 Å². The highest BCUT2D eigenvalue weighted by atomic mass is 127. The van der Waals surface area contributed by atoms with Crippen molar-refractivity contribution in [1.82, 2.24) is 0 Å². The molecule has 0 fully saturated rings. The van der Waals surface area contributed by atoms with Crippen LogP contribution >= 0.6 is 38.5 Å². The molecule has 0 aliphatic carbocycles. The fraction of sp³-hybridized carbons (Fsp3) is 0.0833. The van der Waals surface area contributed by atoms with E-state index in [2.05, 4.69) is 43.8 Å². The Bertz CT molecular complexity index is 1300. The molecule has 166 valence electrons. The number of halogens is 2. The molecule has 7 nitrogen and oxygen atoms in total. The number of carbonyl (C=O) groups is 1. The van der Waals surface area contributed by atoms with Gasteiger partial charge in [-0.3, -0.25) is 14.9 Å². The highest BCUT2D eigenvalue weighted by Gasteiger charge is 2.15. The summed E-state index contributed by atoms with van der Waals surface area (Å²) in [5.74, 6) is -0.0236. The van der Waals surface area contributed by atoms with E-state index in [4.69, 9.17) is 4.74 Å². The zero-order chi connectivity index (χ0) is 24.0. The SMILES string of the molecule is COc1cc(/C=C(\C#N)C(=O)Nc2cccc([N+](=O)[O-])c2)cc(I)c1Cc1ccccc1Br. The van der Waals surface area contributed by atoms with Gasteiger partial charge in [0.25, 0.3) is 11.6 Å². The Morgan fingerprint density at radius 3 is 2.67 bits per heavy atom. The number of rotatable bonds is 7.